The van der Waals surface area contributed by atoms with Gasteiger partial charge in [0.05, 0.1) is 7.11 Å². The summed E-state index contributed by atoms with van der Waals surface area (Å²) in [5.74, 6) is 1.82. The first-order chi connectivity index (χ1) is 12.8. The van der Waals surface area contributed by atoms with Crippen LogP contribution in [0, 0.1) is 0 Å². The number of benzene rings is 3. The Bertz CT molecular complexity index is 905. The lowest BCUT2D eigenvalue weighted by Gasteiger charge is -2.15. The van der Waals surface area contributed by atoms with Crippen molar-refractivity contribution in [3.05, 3.63) is 72.3 Å². The Morgan fingerprint density at radius 1 is 0.962 bits per heavy atom. The van der Waals surface area contributed by atoms with Crippen LogP contribution in [-0.4, -0.2) is 19.8 Å². The van der Waals surface area contributed by atoms with Crippen molar-refractivity contribution in [1.82, 2.24) is 0 Å². The number of fused-ring (bicyclic) bond motifs is 1. The molecule has 3 heteroatoms. The number of hydrogen-bond donors (Lipinski definition) is 1. The lowest BCUT2D eigenvalue weighted by Crippen LogP contribution is -2.17. The molecule has 0 saturated carbocycles. The Morgan fingerprint density at radius 2 is 1.73 bits per heavy atom. The largest absolute Gasteiger partial charge is 0.496 e. The van der Waals surface area contributed by atoms with E-state index in [0.29, 0.717) is 6.54 Å². The maximum absolute atomic E-state index is 6.29. The van der Waals surface area contributed by atoms with Gasteiger partial charge in [-0.3, -0.25) is 0 Å². The quantitative estimate of drug-likeness (QED) is 0.730. The first-order valence-corrected chi connectivity index (χ1v) is 9.02. The summed E-state index contributed by atoms with van der Waals surface area (Å²) in [7, 11) is 1.71. The van der Waals surface area contributed by atoms with Gasteiger partial charge >= 0.3 is 0 Å². The van der Waals surface area contributed by atoms with Crippen LogP contribution in [0.3, 0.4) is 0 Å². The Balaban J connectivity index is 1.88. The van der Waals surface area contributed by atoms with Gasteiger partial charge in [0.2, 0.25) is 0 Å². The van der Waals surface area contributed by atoms with Crippen LogP contribution in [0.15, 0.2) is 66.7 Å². The van der Waals surface area contributed by atoms with Crippen LogP contribution in [0.5, 0.6) is 11.5 Å². The summed E-state index contributed by atoms with van der Waals surface area (Å²) in [5.41, 5.74) is 11.5. The third-order valence-electron chi connectivity index (χ3n) is 4.89. The topological polar surface area (TPSA) is 44.5 Å². The second-order valence-electron chi connectivity index (χ2n) is 6.60. The average Bonchev–Trinajstić information content (AvgIpc) is 3.10. The van der Waals surface area contributed by atoms with Crippen molar-refractivity contribution >= 4 is 0 Å². The van der Waals surface area contributed by atoms with E-state index < -0.39 is 0 Å². The van der Waals surface area contributed by atoms with Gasteiger partial charge in [-0.1, -0.05) is 48.5 Å². The lowest BCUT2D eigenvalue weighted by atomic mass is 9.93. The van der Waals surface area contributed by atoms with Crippen molar-refractivity contribution in [2.75, 3.05) is 13.7 Å². The Morgan fingerprint density at radius 3 is 2.50 bits per heavy atom. The van der Waals surface area contributed by atoms with Gasteiger partial charge in [-0.05, 0) is 47.9 Å². The van der Waals surface area contributed by atoms with E-state index in [1.807, 2.05) is 24.3 Å². The zero-order valence-electron chi connectivity index (χ0n) is 14.9. The van der Waals surface area contributed by atoms with E-state index in [4.69, 9.17) is 15.2 Å². The molecule has 0 fully saturated rings. The fraction of sp³-hybridized carbons (Fsp3) is 0.217. The van der Waals surface area contributed by atoms with E-state index in [-0.39, 0.29) is 6.10 Å². The zero-order chi connectivity index (χ0) is 17.9. The molecule has 0 aromatic heterocycles. The summed E-state index contributed by atoms with van der Waals surface area (Å²) < 4.78 is 11.9. The maximum atomic E-state index is 6.29. The minimum Gasteiger partial charge on any atom is -0.496 e. The number of hydrogen-bond acceptors (Lipinski definition) is 3. The lowest BCUT2D eigenvalue weighted by molar-refractivity contribution is 0.225. The molecule has 26 heavy (non-hydrogen) atoms. The molecule has 4 rings (SSSR count). The van der Waals surface area contributed by atoms with Gasteiger partial charge in [-0.2, -0.15) is 0 Å². The molecule has 0 aliphatic carbocycles. The summed E-state index contributed by atoms with van der Waals surface area (Å²) in [6.07, 6.45) is 1.91. The van der Waals surface area contributed by atoms with Gasteiger partial charge in [0.25, 0.3) is 0 Å². The Labute approximate surface area is 154 Å². The minimum absolute atomic E-state index is 0.148. The fourth-order valence-electron chi connectivity index (χ4n) is 3.64. The molecule has 132 valence electrons. The molecule has 1 unspecified atom stereocenters. The van der Waals surface area contributed by atoms with Crippen LogP contribution in [0.25, 0.3) is 22.3 Å². The summed E-state index contributed by atoms with van der Waals surface area (Å²) in [6, 6.07) is 23.0. The average molecular weight is 345 g/mol. The highest BCUT2D eigenvalue weighted by atomic mass is 16.5. The Hall–Kier alpha value is -2.78. The third kappa shape index (κ3) is 3.06. The number of methoxy groups -OCH3 is 1. The number of para-hydroxylation sites is 1. The van der Waals surface area contributed by atoms with Gasteiger partial charge in [0, 0.05) is 17.5 Å². The van der Waals surface area contributed by atoms with Crippen molar-refractivity contribution in [3.8, 4) is 33.8 Å². The standard InChI is InChI=1S/C23H23NO2/c1-25-22-10-6-5-9-20(22)21-15-17(16-7-3-2-4-8-16)13-18-14-19(11-12-24)26-23(18)21/h2-10,13,15,19H,11-12,14,24H2,1H3. The number of ether oxygens (including phenoxy) is 2. The monoisotopic (exact) mass is 345 g/mol. The van der Waals surface area contributed by atoms with E-state index in [9.17, 15) is 0 Å². The number of rotatable bonds is 5. The van der Waals surface area contributed by atoms with Crippen LogP contribution in [0.1, 0.15) is 12.0 Å². The molecule has 1 aliphatic heterocycles. The molecular weight excluding hydrogens is 322 g/mol. The molecule has 0 amide bonds. The molecular formula is C23H23NO2. The molecule has 3 nitrogen and oxygen atoms in total. The van der Waals surface area contributed by atoms with Crippen LogP contribution >= 0.6 is 0 Å². The van der Waals surface area contributed by atoms with Crippen molar-refractivity contribution in [2.24, 2.45) is 5.73 Å². The van der Waals surface area contributed by atoms with E-state index in [1.54, 1.807) is 7.11 Å². The van der Waals surface area contributed by atoms with E-state index in [1.165, 1.54) is 16.7 Å². The van der Waals surface area contributed by atoms with Gasteiger partial charge in [-0.25, -0.2) is 0 Å². The SMILES string of the molecule is COc1ccccc1-c1cc(-c2ccccc2)cc2c1OC(CCN)C2. The van der Waals surface area contributed by atoms with Crippen LogP contribution in [0.4, 0.5) is 0 Å². The van der Waals surface area contributed by atoms with Crippen molar-refractivity contribution in [3.63, 3.8) is 0 Å². The highest BCUT2D eigenvalue weighted by molar-refractivity contribution is 5.83. The van der Waals surface area contributed by atoms with Gasteiger partial charge in [0.1, 0.15) is 17.6 Å². The highest BCUT2D eigenvalue weighted by Crippen LogP contribution is 2.45. The highest BCUT2D eigenvalue weighted by Gasteiger charge is 2.27. The van der Waals surface area contributed by atoms with Crippen LogP contribution < -0.4 is 15.2 Å². The molecule has 1 atom stereocenters. The van der Waals surface area contributed by atoms with E-state index >= 15 is 0 Å². The number of nitrogens with two attached hydrogens (primary N) is 1. The summed E-state index contributed by atoms with van der Waals surface area (Å²) in [6.45, 7) is 0.633. The Kier molecular flexibility index (Phi) is 4.63. The molecule has 1 aliphatic rings. The third-order valence-corrected chi connectivity index (χ3v) is 4.89. The van der Waals surface area contributed by atoms with Crippen LogP contribution in [0.2, 0.25) is 0 Å². The van der Waals surface area contributed by atoms with Gasteiger partial charge in [0.15, 0.2) is 0 Å². The predicted molar refractivity (Wildman–Crippen MR) is 106 cm³/mol. The van der Waals surface area contributed by atoms with Crippen LogP contribution in [-0.2, 0) is 6.42 Å². The van der Waals surface area contributed by atoms with E-state index in [2.05, 4.69) is 42.5 Å². The first-order valence-electron chi connectivity index (χ1n) is 9.02. The zero-order valence-corrected chi connectivity index (χ0v) is 14.9. The minimum atomic E-state index is 0.148. The normalized spacial score (nSPS) is 15.4. The summed E-state index contributed by atoms with van der Waals surface area (Å²) in [5, 5.41) is 0. The predicted octanol–water partition coefficient (Wildman–Crippen LogP) is 4.68. The second-order valence-corrected chi connectivity index (χ2v) is 6.60. The molecule has 1 heterocycles. The van der Waals surface area contributed by atoms with Gasteiger partial charge < -0.3 is 15.2 Å². The molecule has 0 saturated heterocycles. The molecule has 3 aromatic carbocycles. The molecule has 3 aromatic rings. The van der Waals surface area contributed by atoms with E-state index in [0.717, 1.165) is 35.5 Å². The van der Waals surface area contributed by atoms with Gasteiger partial charge in [-0.15, -0.1) is 0 Å². The molecule has 0 radical (unpaired) electrons. The molecule has 0 bridgehead atoms. The second kappa shape index (κ2) is 7.22. The smallest absolute Gasteiger partial charge is 0.131 e. The van der Waals surface area contributed by atoms with Crippen molar-refractivity contribution in [1.29, 1.82) is 0 Å². The summed E-state index contributed by atoms with van der Waals surface area (Å²) >= 11 is 0. The molecule has 0 spiro atoms. The fourth-order valence-corrected chi connectivity index (χ4v) is 3.64. The van der Waals surface area contributed by atoms with Crippen molar-refractivity contribution in [2.45, 2.75) is 18.9 Å². The summed E-state index contributed by atoms with van der Waals surface area (Å²) in [4.78, 5) is 0. The van der Waals surface area contributed by atoms with Crippen molar-refractivity contribution < 1.29 is 9.47 Å². The molecule has 2 N–H and O–H groups in total. The first kappa shape index (κ1) is 16.7. The maximum Gasteiger partial charge on any atom is 0.131 e.